The van der Waals surface area contributed by atoms with E-state index >= 15 is 0 Å². The van der Waals surface area contributed by atoms with E-state index in [0.29, 0.717) is 25.3 Å². The van der Waals surface area contributed by atoms with Gasteiger partial charge in [0.1, 0.15) is 17.6 Å². The van der Waals surface area contributed by atoms with E-state index in [-0.39, 0.29) is 12.0 Å². The van der Waals surface area contributed by atoms with Gasteiger partial charge in [0.05, 0.1) is 12.9 Å². The molecule has 0 aliphatic carbocycles. The molecule has 1 aliphatic rings. The summed E-state index contributed by atoms with van der Waals surface area (Å²) in [6.45, 7) is 5.65. The van der Waals surface area contributed by atoms with E-state index in [1.54, 1.807) is 12.5 Å². The lowest BCUT2D eigenvalue weighted by atomic mass is 10.1. The molecule has 0 unspecified atom stereocenters. The van der Waals surface area contributed by atoms with Gasteiger partial charge in [-0.3, -0.25) is 4.79 Å². The number of amides is 1. The number of fused-ring (bicyclic) bond motifs is 1. The molecule has 6 nitrogen and oxygen atoms in total. The number of imidazole rings is 1. The highest BCUT2D eigenvalue weighted by molar-refractivity contribution is 5.94. The van der Waals surface area contributed by atoms with Crippen LogP contribution in [0.5, 0.6) is 11.5 Å². The number of nitrogens with zero attached hydrogens (tertiary/aromatic N) is 2. The standard InChI is InChI=1S/C23H25N3O3/c1-3-28-21-11-19-9-16(2)29-22(19)12-20(21)13-25-23(27)18-6-4-5-17(10-18)14-26-8-7-24-15-26/h4-8,10-12,15-16H,3,9,13-14H2,1-2H3,(H,25,27)/t16-/m0/s1. The molecule has 0 spiro atoms. The fourth-order valence-corrected chi connectivity index (χ4v) is 3.59. The third kappa shape index (κ3) is 4.42. The predicted molar refractivity (Wildman–Crippen MR) is 110 cm³/mol. The minimum atomic E-state index is -0.116. The van der Waals surface area contributed by atoms with Crippen molar-refractivity contribution in [2.75, 3.05) is 6.61 Å². The van der Waals surface area contributed by atoms with Crippen LogP contribution in [0, 0.1) is 0 Å². The van der Waals surface area contributed by atoms with Crippen LogP contribution in [0.25, 0.3) is 0 Å². The van der Waals surface area contributed by atoms with Gasteiger partial charge in [-0.05, 0) is 43.7 Å². The molecule has 4 rings (SSSR count). The van der Waals surface area contributed by atoms with Crippen LogP contribution < -0.4 is 14.8 Å². The van der Waals surface area contributed by atoms with Crippen molar-refractivity contribution in [3.63, 3.8) is 0 Å². The van der Waals surface area contributed by atoms with Gasteiger partial charge in [-0.25, -0.2) is 4.98 Å². The average Bonchev–Trinajstić information content (AvgIpc) is 3.34. The van der Waals surface area contributed by atoms with E-state index in [9.17, 15) is 4.79 Å². The minimum Gasteiger partial charge on any atom is -0.494 e. The number of ether oxygens (including phenoxy) is 2. The molecule has 3 aromatic rings. The zero-order chi connectivity index (χ0) is 20.2. The summed E-state index contributed by atoms with van der Waals surface area (Å²) in [5, 5.41) is 3.01. The molecule has 150 valence electrons. The van der Waals surface area contributed by atoms with Crippen molar-refractivity contribution in [1.29, 1.82) is 0 Å². The van der Waals surface area contributed by atoms with Crippen molar-refractivity contribution in [1.82, 2.24) is 14.9 Å². The van der Waals surface area contributed by atoms with Crippen molar-refractivity contribution in [2.45, 2.75) is 39.5 Å². The molecular weight excluding hydrogens is 366 g/mol. The first kappa shape index (κ1) is 19.1. The van der Waals surface area contributed by atoms with Crippen molar-refractivity contribution in [3.05, 3.63) is 77.4 Å². The number of nitrogens with one attached hydrogen (secondary N) is 1. The van der Waals surface area contributed by atoms with Crippen LogP contribution in [-0.2, 0) is 19.5 Å². The van der Waals surface area contributed by atoms with Gasteiger partial charge in [-0.2, -0.15) is 0 Å². The second kappa shape index (κ2) is 8.39. The van der Waals surface area contributed by atoms with Crippen molar-refractivity contribution in [2.24, 2.45) is 0 Å². The molecule has 0 bridgehead atoms. The molecule has 2 aromatic carbocycles. The summed E-state index contributed by atoms with van der Waals surface area (Å²) in [5.41, 5.74) is 3.75. The van der Waals surface area contributed by atoms with Crippen LogP contribution >= 0.6 is 0 Å². The Hall–Kier alpha value is -3.28. The summed E-state index contributed by atoms with van der Waals surface area (Å²) in [5.74, 6) is 1.57. The molecule has 1 atom stereocenters. The molecule has 0 saturated heterocycles. The number of carbonyl (C=O) groups excluding carboxylic acids is 1. The largest absolute Gasteiger partial charge is 0.494 e. The Balaban J connectivity index is 1.46. The molecule has 1 amide bonds. The Morgan fingerprint density at radius 1 is 1.34 bits per heavy atom. The van der Waals surface area contributed by atoms with Crippen LogP contribution in [0.15, 0.2) is 55.1 Å². The molecule has 1 aromatic heterocycles. The second-order valence-electron chi connectivity index (χ2n) is 7.25. The van der Waals surface area contributed by atoms with Gasteiger partial charge < -0.3 is 19.4 Å². The molecule has 1 N–H and O–H groups in total. The molecule has 29 heavy (non-hydrogen) atoms. The van der Waals surface area contributed by atoms with Gasteiger partial charge >= 0.3 is 0 Å². The number of hydrogen-bond acceptors (Lipinski definition) is 4. The maximum atomic E-state index is 12.7. The fraction of sp³-hybridized carbons (Fsp3) is 0.304. The number of benzene rings is 2. The summed E-state index contributed by atoms with van der Waals surface area (Å²) < 4.78 is 13.6. The van der Waals surface area contributed by atoms with Gasteiger partial charge in [0.15, 0.2) is 0 Å². The fourth-order valence-electron chi connectivity index (χ4n) is 3.59. The van der Waals surface area contributed by atoms with Crippen LogP contribution in [0.4, 0.5) is 0 Å². The number of carbonyl (C=O) groups is 1. The number of aromatic nitrogens is 2. The minimum absolute atomic E-state index is 0.116. The molecule has 0 radical (unpaired) electrons. The van der Waals surface area contributed by atoms with E-state index in [4.69, 9.17) is 9.47 Å². The Labute approximate surface area is 170 Å². The maximum Gasteiger partial charge on any atom is 0.251 e. The van der Waals surface area contributed by atoms with Crippen molar-refractivity contribution in [3.8, 4) is 11.5 Å². The summed E-state index contributed by atoms with van der Waals surface area (Å²) >= 11 is 0. The monoisotopic (exact) mass is 391 g/mol. The lowest BCUT2D eigenvalue weighted by molar-refractivity contribution is 0.0950. The highest BCUT2D eigenvalue weighted by atomic mass is 16.5. The summed E-state index contributed by atoms with van der Waals surface area (Å²) in [6.07, 6.45) is 6.46. The number of hydrogen-bond donors (Lipinski definition) is 1. The highest BCUT2D eigenvalue weighted by Gasteiger charge is 2.22. The predicted octanol–water partition coefficient (Wildman–Crippen LogP) is 3.58. The van der Waals surface area contributed by atoms with Crippen LogP contribution in [-0.4, -0.2) is 28.2 Å². The van der Waals surface area contributed by atoms with E-state index in [1.165, 1.54) is 0 Å². The van der Waals surface area contributed by atoms with Gasteiger partial charge in [0, 0.05) is 48.6 Å². The second-order valence-corrected chi connectivity index (χ2v) is 7.25. The van der Waals surface area contributed by atoms with Crippen molar-refractivity contribution < 1.29 is 14.3 Å². The summed E-state index contributed by atoms with van der Waals surface area (Å²) in [6, 6.07) is 11.7. The Bertz CT molecular complexity index is 999. The van der Waals surface area contributed by atoms with E-state index in [0.717, 1.165) is 34.6 Å². The highest BCUT2D eigenvalue weighted by Crippen LogP contribution is 2.35. The smallest absolute Gasteiger partial charge is 0.251 e. The Morgan fingerprint density at radius 2 is 2.24 bits per heavy atom. The molecule has 0 fully saturated rings. The van der Waals surface area contributed by atoms with Crippen LogP contribution in [0.1, 0.15) is 40.9 Å². The summed E-state index contributed by atoms with van der Waals surface area (Å²) in [7, 11) is 0. The average molecular weight is 391 g/mol. The first-order chi connectivity index (χ1) is 14.1. The molecule has 0 saturated carbocycles. The van der Waals surface area contributed by atoms with E-state index < -0.39 is 0 Å². The zero-order valence-corrected chi connectivity index (χ0v) is 16.7. The third-order valence-corrected chi connectivity index (χ3v) is 4.93. The Morgan fingerprint density at radius 3 is 3.03 bits per heavy atom. The SMILES string of the molecule is CCOc1cc2c(cc1CNC(=O)c1cccc(Cn3ccnc3)c1)O[C@@H](C)C2. The van der Waals surface area contributed by atoms with Gasteiger partial charge in [-0.1, -0.05) is 12.1 Å². The first-order valence-electron chi connectivity index (χ1n) is 9.90. The molecule has 2 heterocycles. The van der Waals surface area contributed by atoms with E-state index in [2.05, 4.69) is 17.2 Å². The van der Waals surface area contributed by atoms with Gasteiger partial charge in [0.2, 0.25) is 0 Å². The number of rotatable bonds is 7. The Kier molecular flexibility index (Phi) is 5.51. The molecule has 1 aliphatic heterocycles. The first-order valence-corrected chi connectivity index (χ1v) is 9.90. The maximum absolute atomic E-state index is 12.7. The third-order valence-electron chi connectivity index (χ3n) is 4.93. The van der Waals surface area contributed by atoms with Crippen molar-refractivity contribution >= 4 is 5.91 Å². The van der Waals surface area contributed by atoms with E-state index in [1.807, 2.05) is 54.1 Å². The lowest BCUT2D eigenvalue weighted by Gasteiger charge is -2.14. The van der Waals surface area contributed by atoms with Gasteiger partial charge in [0.25, 0.3) is 5.91 Å². The van der Waals surface area contributed by atoms with Crippen LogP contribution in [0.3, 0.4) is 0 Å². The zero-order valence-electron chi connectivity index (χ0n) is 16.7. The normalized spacial score (nSPS) is 14.9. The lowest BCUT2D eigenvalue weighted by Crippen LogP contribution is -2.23. The summed E-state index contributed by atoms with van der Waals surface area (Å²) in [4.78, 5) is 16.8. The quantitative estimate of drug-likeness (QED) is 0.669. The van der Waals surface area contributed by atoms with Gasteiger partial charge in [-0.15, -0.1) is 0 Å². The van der Waals surface area contributed by atoms with Crippen LogP contribution in [0.2, 0.25) is 0 Å². The molecular formula is C23H25N3O3. The molecule has 6 heteroatoms. The topological polar surface area (TPSA) is 65.4 Å².